The lowest BCUT2D eigenvalue weighted by atomic mass is 9.90. The predicted octanol–water partition coefficient (Wildman–Crippen LogP) is 3.63. The Balaban J connectivity index is 0.000000245. The Bertz CT molecular complexity index is 1230. The summed E-state index contributed by atoms with van der Waals surface area (Å²) in [6.45, 7) is 2.15. The minimum atomic E-state index is -0.300. The number of H-pyrrole nitrogens is 1. The quantitative estimate of drug-likeness (QED) is 0.523. The third-order valence-corrected chi connectivity index (χ3v) is 5.26. The van der Waals surface area contributed by atoms with E-state index in [0.29, 0.717) is 34.3 Å². The maximum atomic E-state index is 12.6. The molecule has 4 aromatic rings. The number of rotatable bonds is 3. The standard InChI is InChI=1S/C15H12N6O2.C7H12O/c1-23-13-6-11-9(7-17-20-11)5-10(13)15(22)19-12-8-18-21-4-2-3-16-14(12)21;1-6-3-2-4-7(8)5-6/h2-8H,1H3,(H,17,20)(H,19,22);6H,2-5H2,1H3. The molecular formula is C22H24N6O3. The van der Waals surface area contributed by atoms with Crippen molar-refractivity contribution < 1.29 is 14.3 Å². The molecule has 9 heteroatoms. The molecule has 1 saturated carbocycles. The number of methoxy groups -OCH3 is 1. The number of anilines is 1. The van der Waals surface area contributed by atoms with Crippen molar-refractivity contribution in [2.24, 2.45) is 5.92 Å². The van der Waals surface area contributed by atoms with E-state index in [4.69, 9.17) is 4.74 Å². The monoisotopic (exact) mass is 420 g/mol. The highest BCUT2D eigenvalue weighted by molar-refractivity contribution is 6.09. The number of carbonyl (C=O) groups excluding carboxylic acids is 2. The molecule has 1 atom stereocenters. The molecule has 5 rings (SSSR count). The largest absolute Gasteiger partial charge is 0.496 e. The van der Waals surface area contributed by atoms with Crippen LogP contribution in [0.15, 0.2) is 43.0 Å². The zero-order valence-electron chi connectivity index (χ0n) is 17.5. The van der Waals surface area contributed by atoms with E-state index in [2.05, 4.69) is 32.5 Å². The van der Waals surface area contributed by atoms with Gasteiger partial charge in [0, 0.05) is 36.7 Å². The number of carbonyl (C=O) groups is 2. The Morgan fingerprint density at radius 1 is 1.32 bits per heavy atom. The summed E-state index contributed by atoms with van der Waals surface area (Å²) in [6, 6.07) is 5.24. The average molecular weight is 420 g/mol. The fourth-order valence-corrected chi connectivity index (χ4v) is 3.66. The van der Waals surface area contributed by atoms with Crippen LogP contribution < -0.4 is 10.1 Å². The zero-order chi connectivity index (χ0) is 21.8. The lowest BCUT2D eigenvalue weighted by Gasteiger charge is -2.14. The van der Waals surface area contributed by atoms with Gasteiger partial charge >= 0.3 is 0 Å². The lowest BCUT2D eigenvalue weighted by Crippen LogP contribution is -2.13. The molecule has 0 radical (unpaired) electrons. The number of aromatic nitrogens is 5. The Morgan fingerprint density at radius 2 is 2.19 bits per heavy atom. The topological polar surface area (TPSA) is 114 Å². The van der Waals surface area contributed by atoms with Crippen molar-refractivity contribution in [3.05, 3.63) is 48.5 Å². The van der Waals surface area contributed by atoms with Gasteiger partial charge < -0.3 is 10.1 Å². The van der Waals surface area contributed by atoms with Gasteiger partial charge in [0.05, 0.1) is 30.6 Å². The lowest BCUT2D eigenvalue weighted by molar-refractivity contribution is -0.121. The smallest absolute Gasteiger partial charge is 0.259 e. The van der Waals surface area contributed by atoms with Gasteiger partial charge in [-0.3, -0.25) is 14.7 Å². The molecule has 1 unspecified atom stereocenters. The van der Waals surface area contributed by atoms with Crippen LogP contribution in [0.2, 0.25) is 0 Å². The summed E-state index contributed by atoms with van der Waals surface area (Å²) in [5, 5.41) is 14.6. The second-order valence-corrected chi connectivity index (χ2v) is 7.65. The first-order valence-corrected chi connectivity index (χ1v) is 10.2. The SMILES string of the molecule is CC1CCCC(=O)C1.COc1cc2[nH]ncc2cc1C(=O)Nc1cnn2cccnc12. The number of hydrogen-bond acceptors (Lipinski definition) is 6. The van der Waals surface area contributed by atoms with E-state index in [-0.39, 0.29) is 5.91 Å². The van der Waals surface area contributed by atoms with Gasteiger partial charge in [0.1, 0.15) is 17.2 Å². The van der Waals surface area contributed by atoms with Gasteiger partial charge in [0.2, 0.25) is 0 Å². The Kier molecular flexibility index (Phi) is 5.92. The molecule has 1 aliphatic carbocycles. The number of benzene rings is 1. The summed E-state index contributed by atoms with van der Waals surface area (Å²) in [5.41, 5.74) is 2.32. The van der Waals surface area contributed by atoms with Crippen molar-refractivity contribution in [3.63, 3.8) is 0 Å². The molecule has 31 heavy (non-hydrogen) atoms. The number of fused-ring (bicyclic) bond motifs is 2. The summed E-state index contributed by atoms with van der Waals surface area (Å²) in [6.07, 6.45) is 10.7. The van der Waals surface area contributed by atoms with Crippen LogP contribution in [0.1, 0.15) is 43.0 Å². The van der Waals surface area contributed by atoms with Crippen LogP contribution in [0, 0.1) is 5.92 Å². The number of ether oxygens (including phenoxy) is 1. The Labute approximate surface area is 178 Å². The molecule has 1 amide bonds. The maximum Gasteiger partial charge on any atom is 0.259 e. The van der Waals surface area contributed by atoms with Crippen LogP contribution in [0.4, 0.5) is 5.69 Å². The first-order chi connectivity index (χ1) is 15.0. The van der Waals surface area contributed by atoms with Crippen molar-refractivity contribution in [2.75, 3.05) is 12.4 Å². The highest BCUT2D eigenvalue weighted by atomic mass is 16.5. The number of nitrogens with one attached hydrogen (secondary N) is 2. The van der Waals surface area contributed by atoms with Crippen molar-refractivity contribution in [1.82, 2.24) is 24.8 Å². The van der Waals surface area contributed by atoms with Crippen molar-refractivity contribution in [3.8, 4) is 5.75 Å². The van der Waals surface area contributed by atoms with Crippen LogP contribution in [-0.4, -0.2) is 43.6 Å². The van der Waals surface area contributed by atoms with E-state index in [1.165, 1.54) is 13.5 Å². The Morgan fingerprint density at radius 3 is 2.94 bits per heavy atom. The van der Waals surface area contributed by atoms with Crippen LogP contribution in [0.3, 0.4) is 0 Å². The van der Waals surface area contributed by atoms with Crippen molar-refractivity contribution >= 4 is 33.9 Å². The number of nitrogens with zero attached hydrogens (tertiary/aromatic N) is 4. The van der Waals surface area contributed by atoms with Gasteiger partial charge in [-0.15, -0.1) is 0 Å². The van der Waals surface area contributed by atoms with Crippen LogP contribution in [0.25, 0.3) is 16.6 Å². The Hall–Kier alpha value is -3.75. The molecule has 1 aromatic carbocycles. The van der Waals surface area contributed by atoms with Gasteiger partial charge in [-0.1, -0.05) is 6.92 Å². The maximum absolute atomic E-state index is 12.6. The normalized spacial score (nSPS) is 16.1. The van der Waals surface area contributed by atoms with E-state index in [0.717, 1.165) is 30.2 Å². The highest BCUT2D eigenvalue weighted by Crippen LogP contribution is 2.26. The minimum absolute atomic E-state index is 0.300. The summed E-state index contributed by atoms with van der Waals surface area (Å²) in [7, 11) is 1.52. The number of amides is 1. The highest BCUT2D eigenvalue weighted by Gasteiger charge is 2.17. The van der Waals surface area contributed by atoms with Gasteiger partial charge in [-0.25, -0.2) is 9.50 Å². The summed E-state index contributed by atoms with van der Waals surface area (Å²) in [5.74, 6) is 1.29. The zero-order valence-corrected chi connectivity index (χ0v) is 17.5. The molecule has 0 bridgehead atoms. The summed E-state index contributed by atoms with van der Waals surface area (Å²) in [4.78, 5) is 27.5. The molecule has 0 spiro atoms. The van der Waals surface area contributed by atoms with E-state index in [1.54, 1.807) is 47.5 Å². The second-order valence-electron chi connectivity index (χ2n) is 7.65. The molecule has 1 fully saturated rings. The molecule has 1 aliphatic rings. The van der Waals surface area contributed by atoms with Gasteiger partial charge in [0.25, 0.3) is 5.91 Å². The van der Waals surface area contributed by atoms with Crippen molar-refractivity contribution in [2.45, 2.75) is 32.6 Å². The number of Topliss-reactive ketones (excluding diaryl/α,β-unsaturated/α-hetero) is 1. The molecule has 3 aromatic heterocycles. The minimum Gasteiger partial charge on any atom is -0.496 e. The molecule has 160 valence electrons. The van der Waals surface area contributed by atoms with Gasteiger partial charge in [-0.2, -0.15) is 10.2 Å². The third kappa shape index (κ3) is 4.55. The van der Waals surface area contributed by atoms with Crippen LogP contribution in [0.5, 0.6) is 5.75 Å². The molecule has 2 N–H and O–H groups in total. The fourth-order valence-electron chi connectivity index (χ4n) is 3.66. The molecule has 3 heterocycles. The second kappa shape index (κ2) is 8.95. The molecular weight excluding hydrogens is 396 g/mol. The van der Waals surface area contributed by atoms with Crippen molar-refractivity contribution in [1.29, 1.82) is 0 Å². The summed E-state index contributed by atoms with van der Waals surface area (Å²) < 4.78 is 6.89. The van der Waals surface area contributed by atoms with E-state index in [9.17, 15) is 9.59 Å². The summed E-state index contributed by atoms with van der Waals surface area (Å²) >= 11 is 0. The number of hydrogen-bond donors (Lipinski definition) is 2. The third-order valence-electron chi connectivity index (χ3n) is 5.26. The first-order valence-electron chi connectivity index (χ1n) is 10.2. The average Bonchev–Trinajstić information content (AvgIpc) is 3.39. The molecule has 0 saturated heterocycles. The van der Waals surface area contributed by atoms with E-state index < -0.39 is 0 Å². The van der Waals surface area contributed by atoms with Gasteiger partial charge in [0.15, 0.2) is 5.65 Å². The first kappa shape index (κ1) is 20.5. The number of ketones is 1. The molecule has 9 nitrogen and oxygen atoms in total. The fraction of sp³-hybridized carbons (Fsp3) is 0.318. The number of aromatic amines is 1. The van der Waals surface area contributed by atoms with E-state index >= 15 is 0 Å². The molecule has 0 aliphatic heterocycles. The van der Waals surface area contributed by atoms with E-state index in [1.807, 2.05) is 0 Å². The van der Waals surface area contributed by atoms with Crippen LogP contribution in [-0.2, 0) is 4.79 Å². The van der Waals surface area contributed by atoms with Gasteiger partial charge in [-0.05, 0) is 30.9 Å². The predicted molar refractivity (Wildman–Crippen MR) is 116 cm³/mol. The van der Waals surface area contributed by atoms with Crippen LogP contribution >= 0.6 is 0 Å².